The molecule has 32 heavy (non-hydrogen) atoms. The van der Waals surface area contributed by atoms with Crippen molar-refractivity contribution in [1.82, 2.24) is 29.8 Å². The maximum Gasteiger partial charge on any atom is 0.264 e. The minimum atomic E-state index is -4.17. The van der Waals surface area contributed by atoms with Crippen molar-refractivity contribution in [3.63, 3.8) is 0 Å². The van der Waals surface area contributed by atoms with E-state index in [2.05, 4.69) is 20.4 Å². The number of piperidine rings is 1. The van der Waals surface area contributed by atoms with Gasteiger partial charge in [0.15, 0.2) is 0 Å². The molecule has 0 atom stereocenters. The molecule has 0 unspecified atom stereocenters. The first kappa shape index (κ1) is 22.1. The number of aromatic nitrogens is 4. The van der Waals surface area contributed by atoms with Gasteiger partial charge in [-0.3, -0.25) is 9.48 Å². The molecule has 2 N–H and O–H groups in total. The summed E-state index contributed by atoms with van der Waals surface area (Å²) in [4.78, 5) is 19.6. The van der Waals surface area contributed by atoms with Crippen molar-refractivity contribution in [3.05, 3.63) is 30.3 Å². The Balaban J connectivity index is 1.71. The lowest BCUT2D eigenvalue weighted by Gasteiger charge is -2.23. The van der Waals surface area contributed by atoms with Gasteiger partial charge in [-0.2, -0.15) is 10.1 Å². The van der Waals surface area contributed by atoms with E-state index in [1.54, 1.807) is 7.05 Å². The maximum atomic E-state index is 15.0. The highest BCUT2D eigenvalue weighted by Gasteiger charge is 2.24. The third-order valence-electron chi connectivity index (χ3n) is 5.23. The van der Waals surface area contributed by atoms with Gasteiger partial charge in [0.25, 0.3) is 10.0 Å². The first-order chi connectivity index (χ1) is 15.3. The van der Waals surface area contributed by atoms with E-state index in [0.717, 1.165) is 32.0 Å². The van der Waals surface area contributed by atoms with Crippen LogP contribution in [0.2, 0.25) is 0 Å². The fourth-order valence-corrected chi connectivity index (χ4v) is 4.62. The zero-order valence-corrected chi connectivity index (χ0v) is 18.4. The van der Waals surface area contributed by atoms with Crippen LogP contribution in [0.3, 0.4) is 0 Å². The molecule has 1 aliphatic heterocycles. The lowest BCUT2D eigenvalue weighted by atomic mass is 10.1. The molecule has 12 heteroatoms. The van der Waals surface area contributed by atoms with E-state index in [0.29, 0.717) is 16.9 Å². The van der Waals surface area contributed by atoms with Crippen LogP contribution >= 0.6 is 0 Å². The summed E-state index contributed by atoms with van der Waals surface area (Å²) in [6.45, 7) is 3.23. The normalized spacial score (nSPS) is 15.1. The Kier molecular flexibility index (Phi) is 6.07. The summed E-state index contributed by atoms with van der Waals surface area (Å²) in [6, 6.07) is 3.38. The molecule has 1 amide bonds. The van der Waals surface area contributed by atoms with Gasteiger partial charge in [0, 0.05) is 19.0 Å². The summed E-state index contributed by atoms with van der Waals surface area (Å²) in [5.41, 5.74) is 1.22. The van der Waals surface area contributed by atoms with Crippen LogP contribution in [0.4, 0.5) is 4.39 Å². The zero-order valence-electron chi connectivity index (χ0n) is 17.6. The molecule has 1 aliphatic rings. The third kappa shape index (κ3) is 4.28. The van der Waals surface area contributed by atoms with Crippen molar-refractivity contribution in [2.24, 2.45) is 7.05 Å². The Morgan fingerprint density at radius 3 is 2.75 bits per heavy atom. The fourth-order valence-electron chi connectivity index (χ4n) is 3.55. The van der Waals surface area contributed by atoms with Crippen molar-refractivity contribution in [3.8, 4) is 17.1 Å². The second kappa shape index (κ2) is 8.79. The summed E-state index contributed by atoms with van der Waals surface area (Å²) in [7, 11) is -2.49. The molecule has 0 radical (unpaired) electrons. The van der Waals surface area contributed by atoms with E-state index >= 15 is 0 Å². The number of nitrogens with one attached hydrogen (secondary N) is 2. The minimum Gasteiger partial charge on any atom is -0.473 e. The molecule has 0 aliphatic carbocycles. The molecule has 3 heterocycles. The number of fused-ring (bicyclic) bond motifs is 1. The number of benzene rings is 1. The molecule has 1 saturated heterocycles. The van der Waals surface area contributed by atoms with Crippen molar-refractivity contribution in [2.75, 3.05) is 13.1 Å². The monoisotopic (exact) mass is 462 g/mol. The SMILES string of the molecule is CCC(=O)NS(=O)(=O)c1ccc(-c2nn(C)c3c(OC4CCNCC4)ncnc23)c(F)c1. The third-order valence-corrected chi connectivity index (χ3v) is 6.60. The van der Waals surface area contributed by atoms with Crippen LogP contribution in [-0.2, 0) is 21.9 Å². The predicted molar refractivity (Wildman–Crippen MR) is 114 cm³/mol. The summed E-state index contributed by atoms with van der Waals surface area (Å²) >= 11 is 0. The molecule has 0 spiro atoms. The Labute approximate surface area is 184 Å². The number of aryl methyl sites for hydroxylation is 1. The lowest BCUT2D eigenvalue weighted by molar-refractivity contribution is -0.119. The first-order valence-corrected chi connectivity index (χ1v) is 11.7. The molecule has 4 rings (SSSR count). The summed E-state index contributed by atoms with van der Waals surface area (Å²) in [6.07, 6.45) is 3.01. The Morgan fingerprint density at radius 2 is 2.06 bits per heavy atom. The number of hydrogen-bond donors (Lipinski definition) is 2. The summed E-state index contributed by atoms with van der Waals surface area (Å²) in [5.74, 6) is -1.12. The number of ether oxygens (including phenoxy) is 1. The molecule has 1 aromatic carbocycles. The number of carbonyl (C=O) groups is 1. The van der Waals surface area contributed by atoms with Gasteiger partial charge in [-0.25, -0.2) is 22.5 Å². The highest BCUT2D eigenvalue weighted by Crippen LogP contribution is 2.33. The molecular weight excluding hydrogens is 439 g/mol. The first-order valence-electron chi connectivity index (χ1n) is 10.2. The molecule has 0 bridgehead atoms. The van der Waals surface area contributed by atoms with Gasteiger partial charge in [-0.1, -0.05) is 6.92 Å². The van der Waals surface area contributed by atoms with Crippen molar-refractivity contribution in [1.29, 1.82) is 0 Å². The molecule has 10 nitrogen and oxygen atoms in total. The predicted octanol–water partition coefficient (Wildman–Crippen LogP) is 1.52. The highest BCUT2D eigenvalue weighted by molar-refractivity contribution is 7.90. The molecule has 3 aromatic rings. The van der Waals surface area contributed by atoms with Crippen LogP contribution in [0.25, 0.3) is 22.3 Å². The van der Waals surface area contributed by atoms with E-state index in [9.17, 15) is 17.6 Å². The molecule has 2 aromatic heterocycles. The van der Waals surface area contributed by atoms with Crippen LogP contribution in [0, 0.1) is 5.82 Å². The van der Waals surface area contributed by atoms with Crippen LogP contribution in [0.5, 0.6) is 5.88 Å². The van der Waals surface area contributed by atoms with Gasteiger partial charge in [-0.15, -0.1) is 0 Å². The van der Waals surface area contributed by atoms with Gasteiger partial charge in [-0.05, 0) is 44.1 Å². The van der Waals surface area contributed by atoms with Crippen LogP contribution < -0.4 is 14.8 Å². The fraction of sp³-hybridized carbons (Fsp3) is 0.400. The molecular formula is C20H23FN6O4S. The zero-order chi connectivity index (χ0) is 22.9. The summed E-state index contributed by atoms with van der Waals surface area (Å²) in [5, 5.41) is 7.66. The molecule has 0 saturated carbocycles. The van der Waals surface area contributed by atoms with Crippen LogP contribution in [0.1, 0.15) is 26.2 Å². The average Bonchev–Trinajstić information content (AvgIpc) is 3.11. The van der Waals surface area contributed by atoms with Gasteiger partial charge in [0.05, 0.1) is 4.90 Å². The Morgan fingerprint density at radius 1 is 1.31 bits per heavy atom. The Hall–Kier alpha value is -3.12. The number of halogens is 1. The number of carbonyl (C=O) groups excluding carboxylic acids is 1. The quantitative estimate of drug-likeness (QED) is 0.564. The van der Waals surface area contributed by atoms with Crippen molar-refractivity contribution in [2.45, 2.75) is 37.2 Å². The maximum absolute atomic E-state index is 15.0. The van der Waals surface area contributed by atoms with E-state index in [1.165, 1.54) is 30.1 Å². The largest absolute Gasteiger partial charge is 0.473 e. The average molecular weight is 463 g/mol. The lowest BCUT2D eigenvalue weighted by Crippen LogP contribution is -2.34. The number of nitrogens with zero attached hydrogens (tertiary/aromatic N) is 4. The summed E-state index contributed by atoms with van der Waals surface area (Å²) < 4.78 is 49.1. The standard InChI is InChI=1S/C20H23FN6O4S/c1-3-16(28)26-32(29,30)13-4-5-14(15(21)10-13)17-18-19(27(2)25-17)20(24-11-23-18)31-12-6-8-22-9-7-12/h4-5,10-12,22H,3,6-9H2,1-2H3,(H,26,28). The number of rotatable bonds is 6. The number of hydrogen-bond acceptors (Lipinski definition) is 8. The molecule has 170 valence electrons. The Bertz CT molecular complexity index is 1270. The van der Waals surface area contributed by atoms with Gasteiger partial charge >= 0.3 is 0 Å². The minimum absolute atomic E-state index is 0.00672. The van der Waals surface area contributed by atoms with Crippen molar-refractivity contribution >= 4 is 27.0 Å². The van der Waals surface area contributed by atoms with E-state index < -0.39 is 21.7 Å². The second-order valence-corrected chi connectivity index (χ2v) is 9.12. The van der Waals surface area contributed by atoms with E-state index in [4.69, 9.17) is 4.74 Å². The molecule has 1 fully saturated rings. The van der Waals surface area contributed by atoms with Crippen LogP contribution in [0.15, 0.2) is 29.4 Å². The number of amides is 1. The van der Waals surface area contributed by atoms with Crippen LogP contribution in [-0.4, -0.2) is 53.3 Å². The van der Waals surface area contributed by atoms with E-state index in [1.807, 2.05) is 4.72 Å². The second-order valence-electron chi connectivity index (χ2n) is 7.44. The van der Waals surface area contributed by atoms with Gasteiger partial charge in [0.2, 0.25) is 11.8 Å². The van der Waals surface area contributed by atoms with Gasteiger partial charge in [0.1, 0.15) is 35.0 Å². The highest BCUT2D eigenvalue weighted by atomic mass is 32.2. The number of sulfonamides is 1. The topological polar surface area (TPSA) is 128 Å². The van der Waals surface area contributed by atoms with Crippen molar-refractivity contribution < 1.29 is 22.3 Å². The smallest absolute Gasteiger partial charge is 0.264 e. The van der Waals surface area contributed by atoms with E-state index in [-0.39, 0.29) is 28.7 Å². The van der Waals surface area contributed by atoms with Gasteiger partial charge < -0.3 is 10.1 Å².